The maximum absolute atomic E-state index is 5.79. The summed E-state index contributed by atoms with van der Waals surface area (Å²) in [6.07, 6.45) is 1.71. The minimum absolute atomic E-state index is 0.211. The van der Waals surface area contributed by atoms with Crippen LogP contribution in [0, 0.1) is 0 Å². The number of nitrogens with one attached hydrogen (secondary N) is 1. The highest BCUT2D eigenvalue weighted by molar-refractivity contribution is 6.28. The smallest absolute Gasteiger partial charge is 0.224 e. The Morgan fingerprint density at radius 3 is 2.73 bits per heavy atom. The van der Waals surface area contributed by atoms with Gasteiger partial charge in [0.05, 0.1) is 11.4 Å². The number of aromatic nitrogens is 3. The third-order valence-electron chi connectivity index (χ3n) is 1.88. The second kappa shape index (κ2) is 4.23. The van der Waals surface area contributed by atoms with Crippen molar-refractivity contribution < 1.29 is 0 Å². The van der Waals surface area contributed by atoms with Crippen molar-refractivity contribution in [1.82, 2.24) is 15.0 Å². The third-order valence-corrected chi connectivity index (χ3v) is 2.05. The molecule has 15 heavy (non-hydrogen) atoms. The molecule has 2 aromatic heterocycles. The van der Waals surface area contributed by atoms with Gasteiger partial charge in [0, 0.05) is 19.3 Å². The highest BCUT2D eigenvalue weighted by Gasteiger charge is 2.04. The molecule has 0 aliphatic heterocycles. The van der Waals surface area contributed by atoms with Crippen molar-refractivity contribution in [3.05, 3.63) is 35.7 Å². The van der Waals surface area contributed by atoms with Gasteiger partial charge in [-0.15, -0.1) is 0 Å². The topological polar surface area (TPSA) is 50.7 Å². The van der Waals surface area contributed by atoms with Crippen molar-refractivity contribution in [2.24, 2.45) is 0 Å². The average molecular weight is 221 g/mol. The van der Waals surface area contributed by atoms with E-state index in [0.717, 1.165) is 5.69 Å². The molecule has 0 atom stereocenters. The minimum Gasteiger partial charge on any atom is -0.373 e. The maximum atomic E-state index is 5.79. The maximum Gasteiger partial charge on any atom is 0.224 e. The van der Waals surface area contributed by atoms with Crippen LogP contribution in [0.15, 0.2) is 30.5 Å². The molecule has 0 unspecified atom stereocenters. The van der Waals surface area contributed by atoms with Crippen molar-refractivity contribution in [3.8, 4) is 11.4 Å². The predicted molar refractivity (Wildman–Crippen MR) is 59.8 cm³/mol. The van der Waals surface area contributed by atoms with Gasteiger partial charge in [0.25, 0.3) is 0 Å². The van der Waals surface area contributed by atoms with Crippen LogP contribution in [0.5, 0.6) is 0 Å². The molecule has 0 saturated carbocycles. The Hall–Kier alpha value is -1.68. The zero-order valence-electron chi connectivity index (χ0n) is 8.11. The molecule has 0 saturated heterocycles. The van der Waals surface area contributed by atoms with Gasteiger partial charge in [-0.05, 0) is 23.7 Å². The van der Waals surface area contributed by atoms with Crippen LogP contribution in [-0.2, 0) is 0 Å². The van der Waals surface area contributed by atoms with Crippen LogP contribution in [0.2, 0.25) is 5.28 Å². The Labute approximate surface area is 92.4 Å². The van der Waals surface area contributed by atoms with Crippen molar-refractivity contribution in [2.75, 3.05) is 12.4 Å². The van der Waals surface area contributed by atoms with E-state index in [4.69, 9.17) is 11.6 Å². The molecule has 0 spiro atoms. The lowest BCUT2D eigenvalue weighted by molar-refractivity contribution is 1.15. The molecule has 0 aromatic carbocycles. The molecule has 1 N–H and O–H groups in total. The molecular formula is C10H9ClN4. The molecule has 0 amide bonds. The summed E-state index contributed by atoms with van der Waals surface area (Å²) in [5.74, 6) is 0.677. The van der Waals surface area contributed by atoms with Crippen molar-refractivity contribution >= 4 is 17.4 Å². The van der Waals surface area contributed by atoms with Crippen LogP contribution in [0.25, 0.3) is 11.4 Å². The molecule has 2 aromatic rings. The Bertz CT molecular complexity index is 458. The quantitative estimate of drug-likeness (QED) is 0.789. The SMILES string of the molecule is CNc1cc(-c2ccccn2)nc(Cl)n1. The van der Waals surface area contributed by atoms with Crippen LogP contribution >= 0.6 is 11.6 Å². The normalized spacial score (nSPS) is 10.0. The summed E-state index contributed by atoms with van der Waals surface area (Å²) in [6.45, 7) is 0. The molecule has 0 radical (unpaired) electrons. The number of anilines is 1. The zero-order valence-corrected chi connectivity index (χ0v) is 8.86. The number of rotatable bonds is 2. The first-order valence-corrected chi connectivity index (χ1v) is 4.81. The molecule has 5 heteroatoms. The zero-order chi connectivity index (χ0) is 10.7. The highest BCUT2D eigenvalue weighted by Crippen LogP contribution is 2.18. The fraction of sp³-hybridized carbons (Fsp3) is 0.100. The van der Waals surface area contributed by atoms with Crippen LogP contribution in [0.4, 0.5) is 5.82 Å². The molecule has 0 bridgehead atoms. The number of hydrogen-bond donors (Lipinski definition) is 1. The summed E-state index contributed by atoms with van der Waals surface area (Å²) in [7, 11) is 1.78. The molecular weight excluding hydrogens is 212 g/mol. The largest absolute Gasteiger partial charge is 0.373 e. The van der Waals surface area contributed by atoms with E-state index in [9.17, 15) is 0 Å². The number of halogens is 1. The summed E-state index contributed by atoms with van der Waals surface area (Å²) in [5, 5.41) is 3.13. The fourth-order valence-electron chi connectivity index (χ4n) is 1.19. The van der Waals surface area contributed by atoms with Gasteiger partial charge in [-0.3, -0.25) is 4.98 Å². The molecule has 0 aliphatic rings. The first-order valence-electron chi connectivity index (χ1n) is 4.43. The lowest BCUT2D eigenvalue weighted by atomic mass is 10.2. The van der Waals surface area contributed by atoms with Gasteiger partial charge in [0.2, 0.25) is 5.28 Å². The standard InChI is InChI=1S/C10H9ClN4/c1-12-9-6-8(14-10(11)15-9)7-4-2-3-5-13-7/h2-6H,1H3,(H,12,14,15). The molecule has 2 heterocycles. The van der Waals surface area contributed by atoms with Crippen molar-refractivity contribution in [2.45, 2.75) is 0 Å². The van der Waals surface area contributed by atoms with Gasteiger partial charge in [-0.1, -0.05) is 6.07 Å². The monoisotopic (exact) mass is 220 g/mol. The van der Waals surface area contributed by atoms with Gasteiger partial charge in [0.15, 0.2) is 0 Å². The van der Waals surface area contributed by atoms with E-state index >= 15 is 0 Å². The van der Waals surface area contributed by atoms with Crippen LogP contribution < -0.4 is 5.32 Å². The first kappa shape index (κ1) is 9.86. The summed E-state index contributed by atoms with van der Waals surface area (Å²) in [6, 6.07) is 7.43. The first-order chi connectivity index (χ1) is 7.29. The summed E-state index contributed by atoms with van der Waals surface area (Å²) >= 11 is 5.79. The average Bonchev–Trinajstić information content (AvgIpc) is 2.29. The lowest BCUT2D eigenvalue weighted by Gasteiger charge is -2.03. The molecule has 0 fully saturated rings. The summed E-state index contributed by atoms with van der Waals surface area (Å²) < 4.78 is 0. The van der Waals surface area contributed by atoms with Crippen LogP contribution in [0.3, 0.4) is 0 Å². The predicted octanol–water partition coefficient (Wildman–Crippen LogP) is 2.23. The Balaban J connectivity index is 2.49. The van der Waals surface area contributed by atoms with Crippen molar-refractivity contribution in [3.63, 3.8) is 0 Å². The Morgan fingerprint density at radius 1 is 1.20 bits per heavy atom. The summed E-state index contributed by atoms with van der Waals surface area (Å²) in [4.78, 5) is 12.3. The fourth-order valence-corrected chi connectivity index (χ4v) is 1.37. The van der Waals surface area contributed by atoms with Crippen molar-refractivity contribution in [1.29, 1.82) is 0 Å². The van der Waals surface area contributed by atoms with Crippen LogP contribution in [-0.4, -0.2) is 22.0 Å². The molecule has 2 rings (SSSR count). The van der Waals surface area contributed by atoms with E-state index in [1.165, 1.54) is 0 Å². The second-order valence-electron chi connectivity index (χ2n) is 2.87. The molecule has 76 valence electrons. The van der Waals surface area contributed by atoms with E-state index in [0.29, 0.717) is 11.5 Å². The van der Waals surface area contributed by atoms with E-state index in [-0.39, 0.29) is 5.28 Å². The van der Waals surface area contributed by atoms with E-state index < -0.39 is 0 Å². The molecule has 4 nitrogen and oxygen atoms in total. The number of hydrogen-bond acceptors (Lipinski definition) is 4. The Kier molecular flexibility index (Phi) is 2.78. The minimum atomic E-state index is 0.211. The van der Waals surface area contributed by atoms with Gasteiger partial charge in [-0.2, -0.15) is 0 Å². The Morgan fingerprint density at radius 2 is 2.07 bits per heavy atom. The van der Waals surface area contributed by atoms with E-state index in [2.05, 4.69) is 20.3 Å². The lowest BCUT2D eigenvalue weighted by Crippen LogP contribution is -1.96. The van der Waals surface area contributed by atoms with E-state index in [1.54, 1.807) is 19.3 Å². The number of pyridine rings is 1. The van der Waals surface area contributed by atoms with Gasteiger partial charge in [0.1, 0.15) is 5.82 Å². The van der Waals surface area contributed by atoms with E-state index in [1.807, 2.05) is 18.2 Å². The number of nitrogens with zero attached hydrogens (tertiary/aromatic N) is 3. The van der Waals surface area contributed by atoms with Gasteiger partial charge in [-0.25, -0.2) is 9.97 Å². The van der Waals surface area contributed by atoms with Crippen LogP contribution in [0.1, 0.15) is 0 Å². The van der Waals surface area contributed by atoms with Gasteiger partial charge >= 0.3 is 0 Å². The summed E-state index contributed by atoms with van der Waals surface area (Å²) in [5.41, 5.74) is 1.48. The second-order valence-corrected chi connectivity index (χ2v) is 3.21. The van der Waals surface area contributed by atoms with Gasteiger partial charge < -0.3 is 5.32 Å². The highest BCUT2D eigenvalue weighted by atomic mass is 35.5. The third kappa shape index (κ3) is 2.22. The molecule has 0 aliphatic carbocycles.